The van der Waals surface area contributed by atoms with Gasteiger partial charge < -0.3 is 0 Å². The van der Waals surface area contributed by atoms with Gasteiger partial charge in [-0.05, 0) is 0 Å². The molecular formula is H2CaCoCuMnZn. The van der Waals surface area contributed by atoms with E-state index < -0.39 is 0 Å². The molecule has 0 aliphatic carbocycles. The summed E-state index contributed by atoms with van der Waals surface area (Å²) in [5.41, 5.74) is 0. The molecule has 0 fully saturated rings. The van der Waals surface area contributed by atoms with Gasteiger partial charge in [0.1, 0.15) is 0 Å². The smallest absolute Gasteiger partial charge is 0 e. The van der Waals surface area contributed by atoms with Gasteiger partial charge in [0.2, 0.25) is 0 Å². The van der Waals surface area contributed by atoms with Crippen LogP contribution in [0.3, 0.4) is 0 Å². The first-order valence-electron chi connectivity index (χ1n) is 0. The van der Waals surface area contributed by atoms with Gasteiger partial charge in [-0.15, -0.1) is 0 Å². The van der Waals surface area contributed by atoms with E-state index in [1.54, 1.807) is 0 Å². The fourth-order valence-corrected chi connectivity index (χ4v) is 0. The first kappa shape index (κ1) is 39.6. The minimum atomic E-state index is 0. The Hall–Kier alpha value is 3.43. The molecule has 0 amide bonds. The molecule has 0 unspecified atom stereocenters. The molecule has 0 aromatic heterocycles. The van der Waals surface area contributed by atoms with Crippen LogP contribution in [0, 0.1) is 0 Å². The summed E-state index contributed by atoms with van der Waals surface area (Å²) < 4.78 is 0. The molecule has 0 saturated carbocycles. The van der Waals surface area contributed by atoms with Crippen LogP contribution in [0.15, 0.2) is 0 Å². The summed E-state index contributed by atoms with van der Waals surface area (Å²) in [4.78, 5) is 0. The second kappa shape index (κ2) is 26.1. The van der Waals surface area contributed by atoms with Crippen molar-refractivity contribution in [3.63, 3.8) is 0 Å². The van der Waals surface area contributed by atoms with Crippen LogP contribution >= 0.6 is 0 Å². The molecule has 5 heteroatoms. The second-order valence-electron chi connectivity index (χ2n) is 0. The van der Waals surface area contributed by atoms with Crippen LogP contribution in [0.5, 0.6) is 0 Å². The number of hydrogen-bond acceptors (Lipinski definition) is 0. The van der Waals surface area contributed by atoms with E-state index in [2.05, 4.69) is 0 Å². The van der Waals surface area contributed by atoms with Crippen LogP contribution in [0.1, 0.15) is 0 Å². The van der Waals surface area contributed by atoms with Gasteiger partial charge in [0.15, 0.2) is 0 Å². The Morgan fingerprint density at radius 2 is 1.00 bits per heavy atom. The maximum Gasteiger partial charge on any atom is 0 e. The Balaban J connectivity index is 0. The van der Waals surface area contributed by atoms with Crippen molar-refractivity contribution in [3.05, 3.63) is 0 Å². The maximum atomic E-state index is 0. The summed E-state index contributed by atoms with van der Waals surface area (Å²) in [7, 11) is 0. The Morgan fingerprint density at radius 3 is 1.00 bits per heavy atom. The average molecular weight is 285 g/mol. The predicted octanol–water partition coefficient (Wildman–Crippen LogP) is -0.926. The van der Waals surface area contributed by atoms with Crippen molar-refractivity contribution < 1.29 is 70.4 Å². The Morgan fingerprint density at radius 1 is 1.00 bits per heavy atom. The monoisotopic (exact) mass is 283 g/mol. The molecule has 0 atom stereocenters. The topological polar surface area (TPSA) is 0 Å². The Labute approximate surface area is 106 Å². The molecule has 5 heavy (non-hydrogen) atoms. The van der Waals surface area contributed by atoms with Crippen molar-refractivity contribution in [1.82, 2.24) is 0 Å². The summed E-state index contributed by atoms with van der Waals surface area (Å²) in [6, 6.07) is 0. The van der Waals surface area contributed by atoms with E-state index in [1.807, 2.05) is 0 Å². The summed E-state index contributed by atoms with van der Waals surface area (Å²) in [6.07, 6.45) is 0. The molecule has 0 aliphatic heterocycles. The molecular weight excluding hydrogens is 283 g/mol. The molecule has 0 aromatic carbocycles. The third kappa shape index (κ3) is 18.6. The van der Waals surface area contributed by atoms with E-state index in [0.29, 0.717) is 0 Å². The largest absolute Gasteiger partial charge is 0 e. The van der Waals surface area contributed by atoms with Crippen LogP contribution in [0.4, 0.5) is 0 Å². The molecule has 0 aromatic rings. The summed E-state index contributed by atoms with van der Waals surface area (Å²) in [6.45, 7) is 0. The minimum Gasteiger partial charge on any atom is 0 e. The minimum absolute atomic E-state index is 0. The molecule has 0 aliphatic rings. The third-order valence-corrected chi connectivity index (χ3v) is 0. The summed E-state index contributed by atoms with van der Waals surface area (Å²) in [5.74, 6) is 0. The van der Waals surface area contributed by atoms with Crippen molar-refractivity contribution in [2.75, 3.05) is 0 Å². The van der Waals surface area contributed by atoms with Gasteiger partial charge in [-0.1, -0.05) is 0 Å². The Kier molecular flexibility index (Phi) is 207. The fourth-order valence-electron chi connectivity index (χ4n) is 0. The average Bonchev–Trinajstić information content (AvgIpc) is 0. The molecule has 0 rings (SSSR count). The molecule has 0 saturated heterocycles. The van der Waals surface area contributed by atoms with Gasteiger partial charge in [-0.25, -0.2) is 0 Å². The second-order valence-corrected chi connectivity index (χ2v) is 0. The molecule has 0 bridgehead atoms. The zero-order valence-electron chi connectivity index (χ0n) is 1.72. The standard InChI is InChI=1S/Ca.Co.Cu.Mn.Zn.2H. The van der Waals surface area contributed by atoms with Crippen molar-refractivity contribution >= 4 is 37.7 Å². The van der Waals surface area contributed by atoms with E-state index in [1.165, 1.54) is 0 Å². The van der Waals surface area contributed by atoms with Crippen molar-refractivity contribution in [2.24, 2.45) is 0 Å². The Bertz CT molecular complexity index is 11.6. The maximum absolute atomic E-state index is 0. The van der Waals surface area contributed by atoms with Gasteiger partial charge in [0, 0.05) is 70.4 Å². The normalized spacial score (nSPS) is 0. The van der Waals surface area contributed by atoms with Crippen LogP contribution in [-0.4, -0.2) is 37.7 Å². The first-order valence-corrected chi connectivity index (χ1v) is 0. The zero-order chi connectivity index (χ0) is 0. The first-order chi connectivity index (χ1) is 0. The molecule has 33 valence electrons. The van der Waals surface area contributed by atoms with E-state index in [9.17, 15) is 0 Å². The van der Waals surface area contributed by atoms with Crippen LogP contribution in [0.25, 0.3) is 0 Å². The molecule has 0 nitrogen and oxygen atoms in total. The van der Waals surface area contributed by atoms with Crippen molar-refractivity contribution in [3.8, 4) is 0 Å². The number of hydrogen-bond donors (Lipinski definition) is 0. The van der Waals surface area contributed by atoms with Crippen LogP contribution < -0.4 is 0 Å². The van der Waals surface area contributed by atoms with Crippen molar-refractivity contribution in [1.29, 1.82) is 0 Å². The van der Waals surface area contributed by atoms with Gasteiger partial charge in [-0.2, -0.15) is 0 Å². The van der Waals surface area contributed by atoms with E-state index >= 15 is 0 Å². The van der Waals surface area contributed by atoms with Crippen LogP contribution in [-0.2, 0) is 70.4 Å². The van der Waals surface area contributed by atoms with E-state index in [-0.39, 0.29) is 108 Å². The molecule has 0 spiro atoms. The van der Waals surface area contributed by atoms with Crippen molar-refractivity contribution in [2.45, 2.75) is 0 Å². The van der Waals surface area contributed by atoms with E-state index in [4.69, 9.17) is 0 Å². The van der Waals surface area contributed by atoms with Gasteiger partial charge >= 0.3 is 37.7 Å². The summed E-state index contributed by atoms with van der Waals surface area (Å²) in [5, 5.41) is 0. The van der Waals surface area contributed by atoms with Crippen LogP contribution in [0.2, 0.25) is 0 Å². The summed E-state index contributed by atoms with van der Waals surface area (Å²) >= 11 is 0. The SMILES string of the molecule is [CaH2].[Co].[Cu].[Mn].[Zn]. The van der Waals surface area contributed by atoms with Gasteiger partial charge in [0.25, 0.3) is 0 Å². The van der Waals surface area contributed by atoms with Gasteiger partial charge in [-0.3, -0.25) is 0 Å². The van der Waals surface area contributed by atoms with E-state index in [0.717, 1.165) is 0 Å². The third-order valence-electron chi connectivity index (χ3n) is 0. The molecule has 0 heterocycles. The predicted molar refractivity (Wildman–Crippen MR) is 8.54 cm³/mol. The number of rotatable bonds is 0. The fraction of sp³-hybridized carbons (Fsp3) is 0. The quantitative estimate of drug-likeness (QED) is 0.505. The van der Waals surface area contributed by atoms with Gasteiger partial charge in [0.05, 0.1) is 0 Å². The molecule has 3 radical (unpaired) electrons. The zero-order valence-corrected chi connectivity index (χ0v) is 7.85. The molecule has 0 N–H and O–H groups in total.